The van der Waals surface area contributed by atoms with Crippen LogP contribution in [0.25, 0.3) is 0 Å². The molecule has 0 saturated carbocycles. The molecule has 0 aromatic heterocycles. The Bertz CT molecular complexity index is 481. The third kappa shape index (κ3) is 3.07. The Hall–Kier alpha value is -1.88. The lowest BCUT2D eigenvalue weighted by Crippen LogP contribution is -2.47. The lowest BCUT2D eigenvalue weighted by atomic mass is 9.99. The van der Waals surface area contributed by atoms with Crippen molar-refractivity contribution >= 4 is 17.6 Å². The van der Waals surface area contributed by atoms with Gasteiger partial charge in [0.05, 0.1) is 11.1 Å². The molecule has 1 atom stereocenters. The molecular weight excluding hydrogens is 232 g/mol. The van der Waals surface area contributed by atoms with Crippen LogP contribution in [0.15, 0.2) is 18.2 Å². The third-order valence-corrected chi connectivity index (χ3v) is 2.97. The van der Waals surface area contributed by atoms with Gasteiger partial charge in [0.1, 0.15) is 0 Å². The van der Waals surface area contributed by atoms with Crippen LogP contribution in [0.5, 0.6) is 0 Å². The van der Waals surface area contributed by atoms with Gasteiger partial charge in [-0.2, -0.15) is 0 Å². The number of rotatable bonds is 4. The number of hydrogen-bond donors (Lipinski definition) is 3. The van der Waals surface area contributed by atoms with Crippen molar-refractivity contribution in [2.75, 3.05) is 5.32 Å². The molecule has 98 valence electrons. The molecule has 0 aliphatic carbocycles. The van der Waals surface area contributed by atoms with Crippen molar-refractivity contribution < 1.29 is 14.7 Å². The molecule has 0 saturated heterocycles. The maximum absolute atomic E-state index is 11.9. The van der Waals surface area contributed by atoms with E-state index < -0.39 is 11.5 Å². The van der Waals surface area contributed by atoms with Gasteiger partial charge in [0.2, 0.25) is 5.91 Å². The molecule has 4 N–H and O–H groups in total. The summed E-state index contributed by atoms with van der Waals surface area (Å²) in [7, 11) is 0. The van der Waals surface area contributed by atoms with Crippen molar-refractivity contribution in [1.82, 2.24) is 0 Å². The third-order valence-electron chi connectivity index (χ3n) is 2.97. The molecule has 0 aliphatic heterocycles. The molecule has 1 unspecified atom stereocenters. The van der Waals surface area contributed by atoms with Crippen molar-refractivity contribution in [2.24, 2.45) is 5.73 Å². The zero-order valence-electron chi connectivity index (χ0n) is 10.8. The number of carboxylic acids is 1. The van der Waals surface area contributed by atoms with Crippen LogP contribution >= 0.6 is 0 Å². The highest BCUT2D eigenvalue weighted by molar-refractivity contribution is 5.98. The van der Waals surface area contributed by atoms with Crippen molar-refractivity contribution in [3.05, 3.63) is 29.3 Å². The largest absolute Gasteiger partial charge is 0.478 e. The molecule has 18 heavy (non-hydrogen) atoms. The summed E-state index contributed by atoms with van der Waals surface area (Å²) in [6, 6.07) is 4.53. The molecule has 0 heterocycles. The van der Waals surface area contributed by atoms with Gasteiger partial charge in [-0.3, -0.25) is 4.79 Å². The predicted octanol–water partition coefficient (Wildman–Crippen LogP) is 1.76. The van der Waals surface area contributed by atoms with Crippen LogP contribution in [0.4, 0.5) is 5.69 Å². The SMILES string of the molecule is CCC(C)(N)C(=O)Nc1ccc(C(=O)O)cc1C. The predicted molar refractivity (Wildman–Crippen MR) is 69.7 cm³/mol. The highest BCUT2D eigenvalue weighted by atomic mass is 16.4. The number of benzene rings is 1. The molecule has 1 rings (SSSR count). The second-order valence-corrected chi connectivity index (χ2v) is 4.56. The van der Waals surface area contributed by atoms with Gasteiger partial charge in [-0.25, -0.2) is 4.79 Å². The minimum Gasteiger partial charge on any atom is -0.478 e. The molecule has 5 nitrogen and oxygen atoms in total. The maximum Gasteiger partial charge on any atom is 0.335 e. The normalized spacial score (nSPS) is 13.8. The molecule has 0 fully saturated rings. The average Bonchev–Trinajstić information content (AvgIpc) is 2.31. The van der Waals surface area contributed by atoms with Crippen molar-refractivity contribution in [2.45, 2.75) is 32.7 Å². The number of carboxylic acid groups (broad SMARTS) is 1. The minimum atomic E-state index is -0.992. The van der Waals surface area contributed by atoms with Crippen molar-refractivity contribution in [3.8, 4) is 0 Å². The monoisotopic (exact) mass is 250 g/mol. The Kier molecular flexibility index (Phi) is 4.08. The van der Waals surface area contributed by atoms with Gasteiger partial charge in [-0.1, -0.05) is 6.92 Å². The quantitative estimate of drug-likeness (QED) is 0.759. The van der Waals surface area contributed by atoms with E-state index in [0.29, 0.717) is 17.7 Å². The molecule has 1 amide bonds. The molecule has 0 spiro atoms. The molecule has 0 aliphatic rings. The molecule has 5 heteroatoms. The van der Waals surface area contributed by atoms with Crippen LogP contribution in [-0.2, 0) is 4.79 Å². The number of amides is 1. The number of nitrogens with two attached hydrogens (primary N) is 1. The summed E-state index contributed by atoms with van der Waals surface area (Å²) in [6.45, 7) is 5.23. The fraction of sp³-hybridized carbons (Fsp3) is 0.385. The number of anilines is 1. The van der Waals surface area contributed by atoms with Gasteiger partial charge in [-0.05, 0) is 44.0 Å². The number of aromatic carboxylic acids is 1. The standard InChI is InChI=1S/C13H18N2O3/c1-4-13(3,14)12(18)15-10-6-5-9(11(16)17)7-8(10)2/h5-7H,4,14H2,1-3H3,(H,15,18)(H,16,17). The van der Waals surface area contributed by atoms with Crippen molar-refractivity contribution in [1.29, 1.82) is 0 Å². The van der Waals surface area contributed by atoms with Gasteiger partial charge in [0.15, 0.2) is 0 Å². The Morgan fingerprint density at radius 1 is 1.44 bits per heavy atom. The number of carbonyl (C=O) groups is 2. The number of aryl methyl sites for hydroxylation is 1. The number of nitrogens with one attached hydrogen (secondary N) is 1. The highest BCUT2D eigenvalue weighted by Gasteiger charge is 2.26. The van der Waals surface area contributed by atoms with E-state index in [4.69, 9.17) is 10.8 Å². The Labute approximate surface area is 106 Å². The van der Waals surface area contributed by atoms with Crippen molar-refractivity contribution in [3.63, 3.8) is 0 Å². The zero-order chi connectivity index (χ0) is 13.9. The van der Waals surface area contributed by atoms with Crippen LogP contribution in [0.1, 0.15) is 36.2 Å². The summed E-state index contributed by atoms with van der Waals surface area (Å²) in [6.07, 6.45) is 0.519. The van der Waals surface area contributed by atoms with E-state index in [1.54, 1.807) is 19.9 Å². The topological polar surface area (TPSA) is 92.4 Å². The summed E-state index contributed by atoms with van der Waals surface area (Å²) >= 11 is 0. The van der Waals surface area contributed by atoms with E-state index in [1.165, 1.54) is 12.1 Å². The van der Waals surface area contributed by atoms with Crippen LogP contribution in [0.2, 0.25) is 0 Å². The summed E-state index contributed by atoms with van der Waals surface area (Å²) in [5.41, 5.74) is 6.36. The van der Waals surface area contributed by atoms with Gasteiger partial charge in [-0.15, -0.1) is 0 Å². The first-order valence-corrected chi connectivity index (χ1v) is 5.72. The summed E-state index contributed by atoms with van der Waals surface area (Å²) in [5, 5.41) is 11.6. The second-order valence-electron chi connectivity index (χ2n) is 4.56. The molecular formula is C13H18N2O3. The fourth-order valence-corrected chi connectivity index (χ4v) is 1.36. The van der Waals surface area contributed by atoms with Gasteiger partial charge < -0.3 is 16.2 Å². The van der Waals surface area contributed by atoms with E-state index in [0.717, 1.165) is 0 Å². The van der Waals surface area contributed by atoms with Gasteiger partial charge >= 0.3 is 5.97 Å². The smallest absolute Gasteiger partial charge is 0.335 e. The summed E-state index contributed by atoms with van der Waals surface area (Å²) < 4.78 is 0. The van der Waals surface area contributed by atoms with Crippen LogP contribution in [0.3, 0.4) is 0 Å². The molecule has 0 radical (unpaired) electrons. The second kappa shape index (κ2) is 5.18. The van der Waals surface area contributed by atoms with E-state index in [-0.39, 0.29) is 11.5 Å². The van der Waals surface area contributed by atoms with Gasteiger partial charge in [0.25, 0.3) is 0 Å². The molecule has 0 bridgehead atoms. The number of carbonyl (C=O) groups excluding carboxylic acids is 1. The Morgan fingerprint density at radius 3 is 2.50 bits per heavy atom. The van der Waals surface area contributed by atoms with E-state index >= 15 is 0 Å². The Balaban J connectivity index is 2.93. The lowest BCUT2D eigenvalue weighted by molar-refractivity contribution is -0.120. The summed E-state index contributed by atoms with van der Waals surface area (Å²) in [4.78, 5) is 22.7. The van der Waals surface area contributed by atoms with E-state index in [1.807, 2.05) is 6.92 Å². The summed E-state index contributed by atoms with van der Waals surface area (Å²) in [5.74, 6) is -1.27. The first kappa shape index (κ1) is 14.2. The van der Waals surface area contributed by atoms with Crippen LogP contribution in [-0.4, -0.2) is 22.5 Å². The minimum absolute atomic E-state index is 0.191. The first-order valence-electron chi connectivity index (χ1n) is 5.72. The first-order chi connectivity index (χ1) is 8.27. The van der Waals surface area contributed by atoms with Crippen LogP contribution < -0.4 is 11.1 Å². The van der Waals surface area contributed by atoms with Crippen LogP contribution in [0, 0.1) is 6.92 Å². The number of hydrogen-bond acceptors (Lipinski definition) is 3. The van der Waals surface area contributed by atoms with E-state index in [9.17, 15) is 9.59 Å². The van der Waals surface area contributed by atoms with E-state index in [2.05, 4.69) is 5.32 Å². The maximum atomic E-state index is 11.9. The highest BCUT2D eigenvalue weighted by Crippen LogP contribution is 2.18. The van der Waals surface area contributed by atoms with Gasteiger partial charge in [0, 0.05) is 5.69 Å². The molecule has 1 aromatic rings. The lowest BCUT2D eigenvalue weighted by Gasteiger charge is -2.22. The molecule has 1 aromatic carbocycles. The fourth-order valence-electron chi connectivity index (χ4n) is 1.36. The Morgan fingerprint density at radius 2 is 2.06 bits per heavy atom. The average molecular weight is 250 g/mol. The zero-order valence-corrected chi connectivity index (χ0v) is 10.8.